The molecule has 5 nitrogen and oxygen atoms in total. The van der Waals surface area contributed by atoms with Gasteiger partial charge in [0.15, 0.2) is 0 Å². The van der Waals surface area contributed by atoms with E-state index in [1.807, 2.05) is 12.1 Å². The summed E-state index contributed by atoms with van der Waals surface area (Å²) in [5.41, 5.74) is 4.34. The fourth-order valence-electron chi connectivity index (χ4n) is 2.20. The molecule has 0 saturated carbocycles. The number of aryl methyl sites for hydroxylation is 1. The molecule has 0 bridgehead atoms. The molecule has 0 aliphatic rings. The molecular weight excluding hydrogens is 352 g/mol. The highest BCUT2D eigenvalue weighted by Gasteiger charge is 2.03. The Labute approximate surface area is 159 Å². The normalized spacial score (nSPS) is 10.7. The quantitative estimate of drug-likeness (QED) is 0.406. The highest BCUT2D eigenvalue weighted by molar-refractivity contribution is 6.30. The van der Waals surface area contributed by atoms with Gasteiger partial charge in [-0.05, 0) is 42.3 Å². The smallest absolute Gasteiger partial charge is 0.236 e. The Morgan fingerprint density at radius 1 is 1.15 bits per heavy atom. The molecule has 138 valence electrons. The van der Waals surface area contributed by atoms with Gasteiger partial charge in [0, 0.05) is 23.9 Å². The van der Waals surface area contributed by atoms with Crippen LogP contribution in [0.1, 0.15) is 31.4 Å². The van der Waals surface area contributed by atoms with Gasteiger partial charge in [0.05, 0.1) is 19.4 Å². The minimum atomic E-state index is -0.241. The van der Waals surface area contributed by atoms with Crippen LogP contribution in [0, 0.1) is 0 Å². The van der Waals surface area contributed by atoms with Crippen LogP contribution in [-0.2, 0) is 11.2 Å². The first-order valence-corrected chi connectivity index (χ1v) is 8.90. The van der Waals surface area contributed by atoms with E-state index in [0.717, 1.165) is 18.6 Å². The van der Waals surface area contributed by atoms with Crippen molar-refractivity contribution < 1.29 is 14.3 Å². The van der Waals surface area contributed by atoms with Crippen molar-refractivity contribution >= 4 is 23.7 Å². The predicted molar refractivity (Wildman–Crippen MR) is 104 cm³/mol. The molecule has 0 radical (unpaired) electrons. The van der Waals surface area contributed by atoms with Crippen molar-refractivity contribution in [1.29, 1.82) is 0 Å². The van der Waals surface area contributed by atoms with Gasteiger partial charge in [0.1, 0.15) is 11.5 Å². The molecular formula is C20H23ClN2O3. The van der Waals surface area contributed by atoms with Crippen molar-refractivity contribution in [2.24, 2.45) is 5.10 Å². The van der Waals surface area contributed by atoms with Gasteiger partial charge < -0.3 is 9.47 Å². The van der Waals surface area contributed by atoms with Gasteiger partial charge in [-0.2, -0.15) is 5.10 Å². The number of benzene rings is 2. The van der Waals surface area contributed by atoms with E-state index in [-0.39, 0.29) is 5.91 Å². The summed E-state index contributed by atoms with van der Waals surface area (Å²) in [7, 11) is 0. The van der Waals surface area contributed by atoms with E-state index >= 15 is 0 Å². The van der Waals surface area contributed by atoms with E-state index < -0.39 is 0 Å². The summed E-state index contributed by atoms with van der Waals surface area (Å²) >= 11 is 6.01. The third-order valence-corrected chi connectivity index (χ3v) is 3.78. The van der Waals surface area contributed by atoms with Crippen LogP contribution in [0.2, 0.25) is 5.02 Å². The zero-order valence-electron chi connectivity index (χ0n) is 15.0. The number of halogens is 1. The standard InChI is InChI=1S/C20H23ClN2O3/c1-3-16-5-8-19(9-6-16)25-11-4-12-26-20-10-7-18(21)13-17(20)14-22-23-15(2)24/h5-10,13-14H,3-4,11-12H2,1-2H3,(H,23,24)/b22-14+. The van der Waals surface area contributed by atoms with E-state index in [9.17, 15) is 4.79 Å². The SMILES string of the molecule is CCc1ccc(OCCCOc2ccc(Cl)cc2/C=N/NC(C)=O)cc1. The Bertz CT molecular complexity index is 745. The molecule has 2 aromatic carbocycles. The van der Waals surface area contributed by atoms with Gasteiger partial charge in [-0.3, -0.25) is 4.79 Å². The number of carbonyl (C=O) groups excluding carboxylic acids is 1. The Kier molecular flexibility index (Phi) is 7.96. The average molecular weight is 375 g/mol. The lowest BCUT2D eigenvalue weighted by Gasteiger charge is -2.10. The van der Waals surface area contributed by atoms with Crippen LogP contribution in [0.15, 0.2) is 47.6 Å². The average Bonchev–Trinajstić information content (AvgIpc) is 2.63. The van der Waals surface area contributed by atoms with Crippen molar-refractivity contribution in [1.82, 2.24) is 5.43 Å². The number of hydrogen-bond donors (Lipinski definition) is 1. The van der Waals surface area contributed by atoms with E-state index in [1.165, 1.54) is 18.7 Å². The molecule has 0 aliphatic heterocycles. The second-order valence-corrected chi connectivity index (χ2v) is 6.09. The van der Waals surface area contributed by atoms with Crippen LogP contribution >= 0.6 is 11.6 Å². The highest BCUT2D eigenvalue weighted by Crippen LogP contribution is 2.21. The summed E-state index contributed by atoms with van der Waals surface area (Å²) in [6.45, 7) is 4.58. The number of ether oxygens (including phenoxy) is 2. The molecule has 1 amide bonds. The second kappa shape index (κ2) is 10.5. The lowest BCUT2D eigenvalue weighted by molar-refractivity contribution is -0.118. The zero-order chi connectivity index (χ0) is 18.8. The number of hydrogen-bond acceptors (Lipinski definition) is 4. The summed E-state index contributed by atoms with van der Waals surface area (Å²) in [6, 6.07) is 13.4. The summed E-state index contributed by atoms with van der Waals surface area (Å²) < 4.78 is 11.5. The van der Waals surface area contributed by atoms with Crippen LogP contribution in [0.5, 0.6) is 11.5 Å². The molecule has 0 aliphatic carbocycles. The molecule has 2 rings (SSSR count). The van der Waals surface area contributed by atoms with E-state index in [2.05, 4.69) is 29.6 Å². The van der Waals surface area contributed by atoms with E-state index in [0.29, 0.717) is 29.5 Å². The molecule has 6 heteroatoms. The van der Waals surface area contributed by atoms with Crippen molar-refractivity contribution in [3.63, 3.8) is 0 Å². The summed E-state index contributed by atoms with van der Waals surface area (Å²) in [5.74, 6) is 1.27. The summed E-state index contributed by atoms with van der Waals surface area (Å²) in [4.78, 5) is 10.9. The van der Waals surface area contributed by atoms with Crippen LogP contribution < -0.4 is 14.9 Å². The fraction of sp³-hybridized carbons (Fsp3) is 0.300. The number of nitrogens with zero attached hydrogens (tertiary/aromatic N) is 1. The molecule has 0 aromatic heterocycles. The first kappa shape index (κ1) is 19.8. The first-order valence-electron chi connectivity index (χ1n) is 8.52. The zero-order valence-corrected chi connectivity index (χ0v) is 15.8. The minimum Gasteiger partial charge on any atom is -0.493 e. The molecule has 0 fully saturated rings. The number of nitrogens with one attached hydrogen (secondary N) is 1. The van der Waals surface area contributed by atoms with E-state index in [4.69, 9.17) is 21.1 Å². The number of carbonyl (C=O) groups is 1. The summed E-state index contributed by atoms with van der Waals surface area (Å²) in [6.07, 6.45) is 3.26. The third kappa shape index (κ3) is 6.76. The van der Waals surface area contributed by atoms with Crippen LogP contribution in [0.4, 0.5) is 0 Å². The number of amides is 1. The first-order chi connectivity index (χ1) is 12.6. The molecule has 0 spiro atoms. The maximum atomic E-state index is 10.9. The lowest BCUT2D eigenvalue weighted by Crippen LogP contribution is -2.12. The molecule has 26 heavy (non-hydrogen) atoms. The highest BCUT2D eigenvalue weighted by atomic mass is 35.5. The van der Waals surface area contributed by atoms with Crippen molar-refractivity contribution in [2.45, 2.75) is 26.7 Å². The molecule has 0 unspecified atom stereocenters. The van der Waals surface area contributed by atoms with Crippen molar-refractivity contribution in [3.05, 3.63) is 58.6 Å². The summed E-state index contributed by atoms with van der Waals surface area (Å²) in [5, 5.41) is 4.42. The number of rotatable bonds is 9. The molecule has 1 N–H and O–H groups in total. The van der Waals surface area contributed by atoms with Gasteiger partial charge in [0.25, 0.3) is 0 Å². The van der Waals surface area contributed by atoms with Gasteiger partial charge in [0.2, 0.25) is 5.91 Å². The lowest BCUT2D eigenvalue weighted by atomic mass is 10.2. The predicted octanol–water partition coefficient (Wildman–Crippen LogP) is 4.22. The van der Waals surface area contributed by atoms with Crippen molar-refractivity contribution in [3.8, 4) is 11.5 Å². The second-order valence-electron chi connectivity index (χ2n) is 5.66. The van der Waals surface area contributed by atoms with Gasteiger partial charge in [-0.25, -0.2) is 5.43 Å². The maximum absolute atomic E-state index is 10.9. The topological polar surface area (TPSA) is 59.9 Å². The number of hydrazone groups is 1. The van der Waals surface area contributed by atoms with Crippen LogP contribution in [0.3, 0.4) is 0 Å². The van der Waals surface area contributed by atoms with E-state index in [1.54, 1.807) is 18.2 Å². The Morgan fingerprint density at radius 3 is 2.58 bits per heavy atom. The van der Waals surface area contributed by atoms with Crippen LogP contribution in [0.25, 0.3) is 0 Å². The minimum absolute atomic E-state index is 0.241. The Balaban J connectivity index is 1.81. The maximum Gasteiger partial charge on any atom is 0.236 e. The van der Waals surface area contributed by atoms with Gasteiger partial charge in [-0.15, -0.1) is 0 Å². The van der Waals surface area contributed by atoms with Gasteiger partial charge in [-0.1, -0.05) is 30.7 Å². The van der Waals surface area contributed by atoms with Crippen molar-refractivity contribution in [2.75, 3.05) is 13.2 Å². The molecule has 0 heterocycles. The molecule has 2 aromatic rings. The Morgan fingerprint density at radius 2 is 1.88 bits per heavy atom. The monoisotopic (exact) mass is 374 g/mol. The third-order valence-electron chi connectivity index (χ3n) is 3.54. The fourth-order valence-corrected chi connectivity index (χ4v) is 2.38. The Hall–Kier alpha value is -2.53. The van der Waals surface area contributed by atoms with Crippen LogP contribution in [-0.4, -0.2) is 25.3 Å². The molecule has 0 saturated heterocycles. The molecule has 0 atom stereocenters. The largest absolute Gasteiger partial charge is 0.493 e. The van der Waals surface area contributed by atoms with Gasteiger partial charge >= 0.3 is 0 Å².